The number of hydrogen-bond donors (Lipinski definition) is 3. The number of phenolic OH excluding ortho intramolecular Hbond substituents is 1. The average molecular weight is 442 g/mol. The lowest BCUT2D eigenvalue weighted by Gasteiger charge is -2.30. The number of aromatic hydroxyl groups is 1. The predicted molar refractivity (Wildman–Crippen MR) is 120 cm³/mol. The number of Topliss-reactive ketones (excluding diaryl/α,β-unsaturated/α-hetero) is 1. The van der Waals surface area contributed by atoms with Gasteiger partial charge in [-0.3, -0.25) is 9.59 Å². The van der Waals surface area contributed by atoms with Crippen LogP contribution in [0.15, 0.2) is 59.9 Å². The van der Waals surface area contributed by atoms with Gasteiger partial charge in [-0.1, -0.05) is 50.2 Å². The first kappa shape index (κ1) is 23.3. The Labute approximate surface area is 186 Å². The van der Waals surface area contributed by atoms with Gasteiger partial charge in [0.1, 0.15) is 5.70 Å². The lowest BCUT2D eigenvalue weighted by Crippen LogP contribution is -2.46. The summed E-state index contributed by atoms with van der Waals surface area (Å²) >= 11 is 0. The van der Waals surface area contributed by atoms with Gasteiger partial charge in [0.2, 0.25) is 11.9 Å². The van der Waals surface area contributed by atoms with Crippen molar-refractivity contribution in [1.29, 1.82) is 0 Å². The smallest absolute Gasteiger partial charge is 0.257 e. The lowest BCUT2D eigenvalue weighted by atomic mass is 9.94. The molecule has 3 N–H and O–H groups in total. The van der Waals surface area contributed by atoms with E-state index < -0.39 is 11.9 Å². The van der Waals surface area contributed by atoms with E-state index in [1.165, 1.54) is 0 Å². The van der Waals surface area contributed by atoms with E-state index in [2.05, 4.69) is 15.6 Å². The third-order valence-electron chi connectivity index (χ3n) is 5.35. The Morgan fingerprint density at radius 2 is 1.81 bits per heavy atom. The van der Waals surface area contributed by atoms with Gasteiger partial charge < -0.3 is 20.6 Å². The third-order valence-corrected chi connectivity index (χ3v) is 5.35. The number of benzene rings is 2. The fourth-order valence-electron chi connectivity index (χ4n) is 3.68. The summed E-state index contributed by atoms with van der Waals surface area (Å²) in [5.41, 5.74) is 1.64. The number of ketones is 1. The van der Waals surface area contributed by atoms with Gasteiger partial charge in [-0.2, -0.15) is 4.94 Å². The van der Waals surface area contributed by atoms with Crippen LogP contribution >= 0.6 is 0 Å². The lowest BCUT2D eigenvalue weighted by molar-refractivity contribution is -0.180. The number of hydrogen-bond acceptors (Lipinski definition) is 6. The first-order valence-corrected chi connectivity index (χ1v) is 10.8. The SMILES string of the molecule is CC.O=C1C(Nc2cccc(C(=O)N3CCCC3)c2O)=C(NCc2ccccc2)C1OF. The van der Waals surface area contributed by atoms with Crippen LogP contribution in [0.2, 0.25) is 0 Å². The number of nitrogens with one attached hydrogen (secondary N) is 2. The number of amides is 1. The summed E-state index contributed by atoms with van der Waals surface area (Å²) in [5.74, 6) is -1.08. The topological polar surface area (TPSA) is 90.9 Å². The number of likely N-dealkylation sites (tertiary alicyclic amines) is 1. The van der Waals surface area contributed by atoms with Gasteiger partial charge in [-0.25, -0.2) is 0 Å². The van der Waals surface area contributed by atoms with Crippen LogP contribution in [0.1, 0.15) is 42.6 Å². The molecule has 1 heterocycles. The molecule has 1 aliphatic carbocycles. The van der Waals surface area contributed by atoms with E-state index in [1.807, 2.05) is 44.2 Å². The summed E-state index contributed by atoms with van der Waals surface area (Å²) in [4.78, 5) is 30.4. The normalized spacial score (nSPS) is 17.4. The van der Waals surface area contributed by atoms with Crippen molar-refractivity contribution in [3.63, 3.8) is 0 Å². The second-order valence-electron chi connectivity index (χ2n) is 7.29. The molecule has 4 rings (SSSR count). The largest absolute Gasteiger partial charge is 0.505 e. The monoisotopic (exact) mass is 441 g/mol. The Morgan fingerprint density at radius 1 is 1.12 bits per heavy atom. The molecule has 2 aromatic rings. The van der Waals surface area contributed by atoms with Gasteiger partial charge in [0, 0.05) is 19.6 Å². The molecule has 170 valence electrons. The van der Waals surface area contributed by atoms with Crippen LogP contribution in [0.5, 0.6) is 5.75 Å². The minimum atomic E-state index is -1.34. The number of nitrogens with zero attached hydrogens (tertiary/aromatic N) is 1. The molecule has 7 nitrogen and oxygen atoms in total. The number of anilines is 1. The molecule has 0 aromatic heterocycles. The zero-order chi connectivity index (χ0) is 23.1. The highest BCUT2D eigenvalue weighted by atomic mass is 19.3. The van der Waals surface area contributed by atoms with Crippen molar-refractivity contribution in [2.24, 2.45) is 0 Å². The van der Waals surface area contributed by atoms with Gasteiger partial charge in [0.15, 0.2) is 5.75 Å². The van der Waals surface area contributed by atoms with Crippen LogP contribution < -0.4 is 10.6 Å². The highest BCUT2D eigenvalue weighted by molar-refractivity contribution is 6.11. The highest BCUT2D eigenvalue weighted by Gasteiger charge is 2.42. The maximum absolute atomic E-state index is 12.9. The van der Waals surface area contributed by atoms with Crippen molar-refractivity contribution in [2.75, 3.05) is 18.4 Å². The van der Waals surface area contributed by atoms with E-state index in [1.54, 1.807) is 23.1 Å². The molecule has 0 bridgehead atoms. The van der Waals surface area contributed by atoms with Crippen LogP contribution in [-0.4, -0.2) is 40.9 Å². The zero-order valence-electron chi connectivity index (χ0n) is 18.2. The van der Waals surface area contributed by atoms with Gasteiger partial charge in [0.25, 0.3) is 5.91 Å². The van der Waals surface area contributed by atoms with E-state index in [9.17, 15) is 19.2 Å². The van der Waals surface area contributed by atoms with Gasteiger partial charge in [-0.05, 0) is 35.1 Å². The summed E-state index contributed by atoms with van der Waals surface area (Å²) in [7, 11) is 0. The molecular weight excluding hydrogens is 413 g/mol. The predicted octanol–water partition coefficient (Wildman–Crippen LogP) is 3.92. The second kappa shape index (κ2) is 10.8. The van der Waals surface area contributed by atoms with Gasteiger partial charge in [-0.15, -0.1) is 0 Å². The van der Waals surface area contributed by atoms with E-state index >= 15 is 0 Å². The van der Waals surface area contributed by atoms with E-state index in [0.29, 0.717) is 19.6 Å². The molecule has 1 atom stereocenters. The summed E-state index contributed by atoms with van der Waals surface area (Å²) < 4.78 is 12.9. The van der Waals surface area contributed by atoms with Crippen LogP contribution in [0, 0.1) is 0 Å². The molecule has 1 saturated heterocycles. The Morgan fingerprint density at radius 3 is 2.47 bits per heavy atom. The van der Waals surface area contributed by atoms with Gasteiger partial charge >= 0.3 is 0 Å². The molecule has 32 heavy (non-hydrogen) atoms. The number of carbonyl (C=O) groups excluding carboxylic acids is 2. The third kappa shape index (κ3) is 4.75. The highest BCUT2D eigenvalue weighted by Crippen LogP contribution is 2.34. The number of rotatable bonds is 7. The zero-order valence-corrected chi connectivity index (χ0v) is 18.2. The molecule has 1 fully saturated rings. The fraction of sp³-hybridized carbons (Fsp3) is 0.333. The van der Waals surface area contributed by atoms with Crippen molar-refractivity contribution in [3.05, 3.63) is 71.1 Å². The first-order chi connectivity index (χ1) is 15.6. The molecule has 2 aromatic carbocycles. The molecule has 1 amide bonds. The van der Waals surface area contributed by atoms with Crippen LogP contribution in [0.25, 0.3) is 0 Å². The molecular formula is C24H28FN3O4. The number of carbonyl (C=O) groups is 2. The summed E-state index contributed by atoms with van der Waals surface area (Å²) in [6.45, 7) is 5.68. The summed E-state index contributed by atoms with van der Waals surface area (Å²) in [6, 6.07) is 14.1. The maximum Gasteiger partial charge on any atom is 0.257 e. The van der Waals surface area contributed by atoms with Crippen LogP contribution in [0.4, 0.5) is 10.2 Å². The summed E-state index contributed by atoms with van der Waals surface area (Å²) in [6.07, 6.45) is 0.535. The first-order valence-electron chi connectivity index (χ1n) is 10.8. The average Bonchev–Trinajstić information content (AvgIpc) is 3.37. The van der Waals surface area contributed by atoms with Crippen molar-refractivity contribution in [3.8, 4) is 5.75 Å². The fourth-order valence-corrected chi connectivity index (χ4v) is 3.68. The van der Waals surface area contributed by atoms with E-state index in [-0.39, 0.29) is 34.3 Å². The second-order valence-corrected chi connectivity index (χ2v) is 7.29. The van der Waals surface area contributed by atoms with E-state index in [4.69, 9.17) is 0 Å². The van der Waals surface area contributed by atoms with Gasteiger partial charge in [0.05, 0.1) is 16.9 Å². The van der Waals surface area contributed by atoms with E-state index in [0.717, 1.165) is 18.4 Å². The van der Waals surface area contributed by atoms with Crippen molar-refractivity contribution >= 4 is 17.4 Å². The van der Waals surface area contributed by atoms with Crippen LogP contribution in [-0.2, 0) is 16.3 Å². The number of phenols is 1. The molecule has 0 spiro atoms. The van der Waals surface area contributed by atoms with Crippen LogP contribution in [0.3, 0.4) is 0 Å². The van der Waals surface area contributed by atoms with Crippen molar-refractivity contribution in [2.45, 2.75) is 39.3 Å². The quantitative estimate of drug-likeness (QED) is 0.564. The Hall–Kier alpha value is -3.39. The maximum atomic E-state index is 12.9. The minimum Gasteiger partial charge on any atom is -0.505 e. The molecule has 0 saturated carbocycles. The minimum absolute atomic E-state index is 0.0923. The van der Waals surface area contributed by atoms with Crippen molar-refractivity contribution < 1.29 is 24.2 Å². The Kier molecular flexibility index (Phi) is 7.83. The standard InChI is InChI=1S/C22H22FN3O4.C2H6/c23-30-21-18(24-13-14-7-2-1-3-8-14)17(20(21)28)25-16-10-6-9-15(19(16)27)22(29)26-11-4-5-12-26;1-2/h1-3,6-10,21,24-25,27H,4-5,11-13H2;1-2H3. The number of para-hydroxylation sites is 1. The number of halogens is 1. The molecule has 8 heteroatoms. The van der Waals surface area contributed by atoms with Crippen molar-refractivity contribution in [1.82, 2.24) is 10.2 Å². The Balaban J connectivity index is 0.00000141. The Bertz CT molecular complexity index is 988. The molecule has 1 unspecified atom stereocenters. The molecule has 0 radical (unpaired) electrons. The summed E-state index contributed by atoms with van der Waals surface area (Å²) in [5, 5.41) is 16.5. The molecule has 2 aliphatic rings. The molecule has 1 aliphatic heterocycles.